The number of likely N-dealkylation sites (tertiary alicyclic amines) is 1. The molecule has 0 aromatic heterocycles. The van der Waals surface area contributed by atoms with Crippen LogP contribution in [0.15, 0.2) is 0 Å². The molecule has 1 aliphatic rings. The van der Waals surface area contributed by atoms with Gasteiger partial charge in [0.1, 0.15) is 6.54 Å². The van der Waals surface area contributed by atoms with Crippen molar-refractivity contribution in [2.24, 2.45) is 0 Å². The van der Waals surface area contributed by atoms with Crippen LogP contribution in [0.3, 0.4) is 0 Å². The van der Waals surface area contributed by atoms with Gasteiger partial charge < -0.3 is 10.4 Å². The maximum Gasteiger partial charge on any atom is 0.405 e. The molecule has 0 radical (unpaired) electrons. The second kappa shape index (κ2) is 6.94. The third-order valence-corrected chi connectivity index (χ3v) is 3.03. The molecule has 1 fully saturated rings. The van der Waals surface area contributed by atoms with Crippen LogP contribution in [0.4, 0.5) is 13.2 Å². The molecule has 1 atom stereocenters. The van der Waals surface area contributed by atoms with Crippen molar-refractivity contribution in [1.82, 2.24) is 10.2 Å². The standard InChI is InChI=1S/C11H19F3N2O2/c12-11(13,14)8-15-10(18)7-16-5-1-3-9(16)4-2-6-17/h9,17H,1-8H2,(H,15,18). The van der Waals surface area contributed by atoms with Gasteiger partial charge in [-0.3, -0.25) is 9.69 Å². The number of alkyl halides is 3. The number of halogens is 3. The van der Waals surface area contributed by atoms with Crippen molar-refractivity contribution in [3.05, 3.63) is 0 Å². The van der Waals surface area contributed by atoms with Gasteiger partial charge in [-0.25, -0.2) is 0 Å². The average molecular weight is 268 g/mol. The number of nitrogens with zero attached hydrogens (tertiary/aromatic N) is 1. The molecule has 1 saturated heterocycles. The summed E-state index contributed by atoms with van der Waals surface area (Å²) in [5.74, 6) is -0.594. The summed E-state index contributed by atoms with van der Waals surface area (Å²) in [4.78, 5) is 13.3. The Balaban J connectivity index is 2.29. The van der Waals surface area contributed by atoms with E-state index in [1.54, 1.807) is 0 Å². The second-order valence-electron chi connectivity index (χ2n) is 4.52. The number of rotatable bonds is 6. The Hall–Kier alpha value is -0.820. The van der Waals surface area contributed by atoms with E-state index in [4.69, 9.17) is 5.11 Å². The molecule has 4 nitrogen and oxygen atoms in total. The van der Waals surface area contributed by atoms with Gasteiger partial charge in [0.15, 0.2) is 0 Å². The molecule has 1 rings (SSSR count). The zero-order chi connectivity index (χ0) is 13.6. The van der Waals surface area contributed by atoms with E-state index >= 15 is 0 Å². The predicted octanol–water partition coefficient (Wildman–Crippen LogP) is 0.902. The van der Waals surface area contributed by atoms with Gasteiger partial charge in [-0.15, -0.1) is 0 Å². The fraction of sp³-hybridized carbons (Fsp3) is 0.909. The van der Waals surface area contributed by atoms with Crippen LogP contribution >= 0.6 is 0 Å². The molecule has 2 N–H and O–H groups in total. The highest BCUT2D eigenvalue weighted by molar-refractivity contribution is 5.78. The van der Waals surface area contributed by atoms with Crippen molar-refractivity contribution in [1.29, 1.82) is 0 Å². The molecular formula is C11H19F3N2O2. The van der Waals surface area contributed by atoms with Gasteiger partial charge in [0, 0.05) is 12.6 Å². The lowest BCUT2D eigenvalue weighted by molar-refractivity contribution is -0.139. The van der Waals surface area contributed by atoms with E-state index < -0.39 is 18.6 Å². The zero-order valence-corrected chi connectivity index (χ0v) is 10.2. The number of aliphatic hydroxyl groups excluding tert-OH is 1. The summed E-state index contributed by atoms with van der Waals surface area (Å²) >= 11 is 0. The minimum atomic E-state index is -4.36. The molecule has 1 heterocycles. The Morgan fingerprint density at radius 1 is 1.44 bits per heavy atom. The topological polar surface area (TPSA) is 52.6 Å². The smallest absolute Gasteiger partial charge is 0.396 e. The molecule has 1 aliphatic heterocycles. The molecule has 1 amide bonds. The van der Waals surface area contributed by atoms with Crippen LogP contribution in [0.1, 0.15) is 25.7 Å². The summed E-state index contributed by atoms with van der Waals surface area (Å²) in [6, 6.07) is 0.203. The molecule has 1 unspecified atom stereocenters. The molecule has 7 heteroatoms. The summed E-state index contributed by atoms with van der Waals surface area (Å²) in [6.07, 6.45) is -1.04. The Bertz CT molecular complexity index is 272. The van der Waals surface area contributed by atoms with E-state index in [1.165, 1.54) is 0 Å². The summed E-state index contributed by atoms with van der Waals surface area (Å²) in [6.45, 7) is -0.437. The van der Waals surface area contributed by atoms with Crippen LogP contribution in [0.25, 0.3) is 0 Å². The lowest BCUT2D eigenvalue weighted by Gasteiger charge is -2.23. The number of carbonyl (C=O) groups excluding carboxylic acids is 1. The summed E-state index contributed by atoms with van der Waals surface area (Å²) < 4.78 is 35.7. The minimum absolute atomic E-state index is 0.00613. The van der Waals surface area contributed by atoms with Gasteiger partial charge >= 0.3 is 6.18 Å². The summed E-state index contributed by atoms with van der Waals surface area (Å²) in [7, 11) is 0. The van der Waals surface area contributed by atoms with Crippen LogP contribution in [0.5, 0.6) is 0 Å². The largest absolute Gasteiger partial charge is 0.405 e. The number of nitrogens with one attached hydrogen (secondary N) is 1. The Kier molecular flexibility index (Phi) is 5.87. The van der Waals surface area contributed by atoms with Crippen LogP contribution < -0.4 is 5.32 Å². The van der Waals surface area contributed by atoms with Crippen molar-refractivity contribution in [3.8, 4) is 0 Å². The molecule has 0 saturated carbocycles. The Morgan fingerprint density at radius 3 is 2.78 bits per heavy atom. The van der Waals surface area contributed by atoms with Crippen LogP contribution in [-0.4, -0.2) is 54.4 Å². The van der Waals surface area contributed by atoms with E-state index in [-0.39, 0.29) is 19.2 Å². The minimum Gasteiger partial charge on any atom is -0.396 e. The van der Waals surface area contributed by atoms with E-state index in [0.29, 0.717) is 6.42 Å². The first kappa shape index (κ1) is 15.2. The monoisotopic (exact) mass is 268 g/mol. The van der Waals surface area contributed by atoms with Crippen LogP contribution in [-0.2, 0) is 4.79 Å². The third-order valence-electron chi connectivity index (χ3n) is 3.03. The fourth-order valence-corrected chi connectivity index (χ4v) is 2.20. The number of carbonyl (C=O) groups is 1. The maximum atomic E-state index is 11.9. The van der Waals surface area contributed by atoms with Gasteiger partial charge in [-0.1, -0.05) is 0 Å². The molecule has 106 valence electrons. The van der Waals surface area contributed by atoms with Crippen molar-refractivity contribution in [3.63, 3.8) is 0 Å². The molecule has 0 aromatic carbocycles. The maximum absolute atomic E-state index is 11.9. The highest BCUT2D eigenvalue weighted by Crippen LogP contribution is 2.20. The van der Waals surface area contributed by atoms with Gasteiger partial charge in [0.05, 0.1) is 6.54 Å². The Labute approximate surface area is 104 Å². The molecule has 18 heavy (non-hydrogen) atoms. The number of hydrogen-bond acceptors (Lipinski definition) is 3. The van der Waals surface area contributed by atoms with E-state index in [0.717, 1.165) is 25.8 Å². The molecule has 0 bridgehead atoms. The van der Waals surface area contributed by atoms with Gasteiger partial charge in [0.25, 0.3) is 0 Å². The lowest BCUT2D eigenvalue weighted by atomic mass is 10.1. The average Bonchev–Trinajstić information content (AvgIpc) is 2.70. The lowest BCUT2D eigenvalue weighted by Crippen LogP contribution is -2.42. The van der Waals surface area contributed by atoms with Crippen molar-refractivity contribution in [2.75, 3.05) is 26.2 Å². The van der Waals surface area contributed by atoms with E-state index in [2.05, 4.69) is 0 Å². The quantitative estimate of drug-likeness (QED) is 0.752. The first-order valence-corrected chi connectivity index (χ1v) is 6.11. The fourth-order valence-electron chi connectivity index (χ4n) is 2.20. The molecular weight excluding hydrogens is 249 g/mol. The van der Waals surface area contributed by atoms with Gasteiger partial charge in [0.2, 0.25) is 5.91 Å². The van der Waals surface area contributed by atoms with Crippen molar-refractivity contribution >= 4 is 5.91 Å². The van der Waals surface area contributed by atoms with Crippen molar-refractivity contribution in [2.45, 2.75) is 37.9 Å². The zero-order valence-electron chi connectivity index (χ0n) is 10.2. The number of hydrogen-bond donors (Lipinski definition) is 2. The van der Waals surface area contributed by atoms with Crippen LogP contribution in [0.2, 0.25) is 0 Å². The summed E-state index contributed by atoms with van der Waals surface area (Å²) in [5, 5.41) is 10.6. The van der Waals surface area contributed by atoms with Crippen LogP contribution in [0, 0.1) is 0 Å². The van der Waals surface area contributed by atoms with Gasteiger partial charge in [-0.05, 0) is 32.2 Å². The second-order valence-corrected chi connectivity index (χ2v) is 4.52. The highest BCUT2D eigenvalue weighted by atomic mass is 19.4. The third kappa shape index (κ3) is 5.68. The Morgan fingerprint density at radius 2 is 2.17 bits per heavy atom. The van der Waals surface area contributed by atoms with Gasteiger partial charge in [-0.2, -0.15) is 13.2 Å². The normalized spacial score (nSPS) is 21.2. The molecule has 0 aliphatic carbocycles. The predicted molar refractivity (Wildman–Crippen MR) is 60.0 cm³/mol. The molecule has 0 spiro atoms. The summed E-state index contributed by atoms with van der Waals surface area (Å²) in [5.41, 5.74) is 0. The number of aliphatic hydroxyl groups is 1. The SMILES string of the molecule is O=C(CN1CCCC1CCCO)NCC(F)(F)F. The number of amides is 1. The van der Waals surface area contributed by atoms with Crippen molar-refractivity contribution < 1.29 is 23.1 Å². The first-order chi connectivity index (χ1) is 8.42. The highest BCUT2D eigenvalue weighted by Gasteiger charge is 2.29. The molecule has 0 aromatic rings. The van der Waals surface area contributed by atoms with E-state index in [9.17, 15) is 18.0 Å². The first-order valence-electron chi connectivity index (χ1n) is 6.11. The van der Waals surface area contributed by atoms with E-state index in [1.807, 2.05) is 10.2 Å².